The van der Waals surface area contributed by atoms with Gasteiger partial charge in [-0.3, -0.25) is 0 Å². The van der Waals surface area contributed by atoms with Gasteiger partial charge < -0.3 is 19.5 Å². The number of hydrogen-bond donors (Lipinski definition) is 1. The Labute approximate surface area is 152 Å². The Kier molecular flexibility index (Phi) is 4.18. The quantitative estimate of drug-likeness (QED) is 0.908. The summed E-state index contributed by atoms with van der Waals surface area (Å²) in [6.45, 7) is 4.31. The molecule has 136 valence electrons. The average Bonchev–Trinajstić information content (AvgIpc) is 3.09. The molecule has 3 heterocycles. The minimum absolute atomic E-state index is 0.0885. The van der Waals surface area contributed by atoms with Crippen molar-refractivity contribution >= 4 is 11.8 Å². The molecule has 2 aliphatic heterocycles. The fourth-order valence-electron chi connectivity index (χ4n) is 3.92. The number of benzene rings is 1. The number of carboxylic acids is 1. The summed E-state index contributed by atoms with van der Waals surface area (Å²) in [7, 11) is 0. The van der Waals surface area contributed by atoms with Crippen molar-refractivity contribution in [3.05, 3.63) is 47.7 Å². The van der Waals surface area contributed by atoms with E-state index in [4.69, 9.17) is 9.47 Å². The Morgan fingerprint density at radius 1 is 1.27 bits per heavy atom. The van der Waals surface area contributed by atoms with Gasteiger partial charge in [0.25, 0.3) is 0 Å². The lowest BCUT2D eigenvalue weighted by Gasteiger charge is -2.41. The van der Waals surface area contributed by atoms with E-state index in [-0.39, 0.29) is 17.9 Å². The number of aromatic carboxylic acids is 1. The fraction of sp³-hybridized carbons (Fsp3) is 0.400. The van der Waals surface area contributed by atoms with Crippen molar-refractivity contribution in [1.82, 2.24) is 4.98 Å². The smallest absolute Gasteiger partial charge is 0.354 e. The molecule has 1 unspecified atom stereocenters. The molecule has 0 radical (unpaired) electrons. The van der Waals surface area contributed by atoms with Crippen molar-refractivity contribution in [3.8, 4) is 11.5 Å². The summed E-state index contributed by atoms with van der Waals surface area (Å²) >= 11 is 0. The van der Waals surface area contributed by atoms with Crippen LogP contribution >= 0.6 is 0 Å². The number of aromatic nitrogens is 1. The summed E-state index contributed by atoms with van der Waals surface area (Å²) in [5.41, 5.74) is 1.41. The van der Waals surface area contributed by atoms with Crippen LogP contribution < -0.4 is 14.4 Å². The molecule has 1 aromatic heterocycles. The van der Waals surface area contributed by atoms with Crippen molar-refractivity contribution in [3.63, 3.8) is 0 Å². The van der Waals surface area contributed by atoms with Crippen molar-refractivity contribution in [2.24, 2.45) is 5.41 Å². The van der Waals surface area contributed by atoms with Gasteiger partial charge in [0.1, 0.15) is 5.82 Å². The lowest BCUT2D eigenvalue weighted by Crippen LogP contribution is -2.43. The van der Waals surface area contributed by atoms with Crippen molar-refractivity contribution in [2.75, 3.05) is 24.8 Å². The van der Waals surface area contributed by atoms with E-state index in [1.54, 1.807) is 6.07 Å². The summed E-state index contributed by atoms with van der Waals surface area (Å²) < 4.78 is 10.9. The van der Waals surface area contributed by atoms with E-state index in [1.807, 2.05) is 12.1 Å². The summed E-state index contributed by atoms with van der Waals surface area (Å²) in [4.78, 5) is 17.7. The predicted molar refractivity (Wildman–Crippen MR) is 97.0 cm³/mol. The number of rotatable bonds is 4. The predicted octanol–water partition coefficient (Wildman–Crippen LogP) is 3.36. The van der Waals surface area contributed by atoms with Crippen LogP contribution in [0.15, 0.2) is 36.4 Å². The standard InChI is InChI=1S/C20H22N2O4/c1-20(11-14-6-7-16-17(10-14)26-13-25-16)8-3-9-22(12-20)18-5-2-4-15(21-18)19(23)24/h2,4-7,10H,3,8-9,11-13H2,1H3,(H,23,24). The molecule has 0 bridgehead atoms. The SMILES string of the molecule is CC1(Cc2ccc3c(c2)OCO3)CCCN(c2cccc(C(=O)O)n2)C1. The number of anilines is 1. The minimum Gasteiger partial charge on any atom is -0.477 e. The van der Waals surface area contributed by atoms with Crippen molar-refractivity contribution < 1.29 is 19.4 Å². The zero-order valence-electron chi connectivity index (χ0n) is 14.8. The Balaban J connectivity index is 1.52. The summed E-state index contributed by atoms with van der Waals surface area (Å²) in [5.74, 6) is 1.36. The van der Waals surface area contributed by atoms with Crippen LogP contribution in [-0.4, -0.2) is 35.9 Å². The molecular formula is C20H22N2O4. The third kappa shape index (κ3) is 3.31. The molecule has 1 N–H and O–H groups in total. The van der Waals surface area contributed by atoms with Crippen molar-refractivity contribution in [1.29, 1.82) is 0 Å². The number of hydrogen-bond acceptors (Lipinski definition) is 5. The average molecular weight is 354 g/mol. The van der Waals surface area contributed by atoms with Crippen LogP contribution in [-0.2, 0) is 6.42 Å². The van der Waals surface area contributed by atoms with Gasteiger partial charge in [-0.05, 0) is 54.5 Å². The molecular weight excluding hydrogens is 332 g/mol. The first-order chi connectivity index (χ1) is 12.5. The number of fused-ring (bicyclic) bond motifs is 1. The molecule has 0 amide bonds. The van der Waals surface area contributed by atoms with Gasteiger partial charge in [-0.25, -0.2) is 9.78 Å². The third-order valence-corrected chi connectivity index (χ3v) is 5.13. The fourth-order valence-corrected chi connectivity index (χ4v) is 3.92. The Morgan fingerprint density at radius 2 is 2.12 bits per heavy atom. The van der Waals surface area contributed by atoms with Gasteiger partial charge in [0.15, 0.2) is 17.2 Å². The van der Waals surface area contributed by atoms with Gasteiger partial charge in [0.05, 0.1) is 0 Å². The Bertz CT molecular complexity index is 838. The van der Waals surface area contributed by atoms with Crippen LogP contribution in [0.1, 0.15) is 35.8 Å². The molecule has 2 aliphatic rings. The highest BCUT2D eigenvalue weighted by Crippen LogP contribution is 2.38. The molecule has 6 nitrogen and oxygen atoms in total. The van der Waals surface area contributed by atoms with Gasteiger partial charge in [0, 0.05) is 13.1 Å². The molecule has 1 saturated heterocycles. The Hall–Kier alpha value is -2.76. The monoisotopic (exact) mass is 354 g/mol. The molecule has 6 heteroatoms. The van der Waals surface area contributed by atoms with Crippen LogP contribution in [0.5, 0.6) is 11.5 Å². The molecule has 2 aromatic rings. The molecule has 1 fully saturated rings. The third-order valence-electron chi connectivity index (χ3n) is 5.13. The first kappa shape index (κ1) is 16.7. The van der Waals surface area contributed by atoms with E-state index in [0.29, 0.717) is 0 Å². The van der Waals surface area contributed by atoms with Crippen LogP contribution in [0.3, 0.4) is 0 Å². The maximum atomic E-state index is 11.2. The van der Waals surface area contributed by atoms with Crippen LogP contribution in [0, 0.1) is 5.41 Å². The number of nitrogens with zero attached hydrogens (tertiary/aromatic N) is 2. The van der Waals surface area contributed by atoms with E-state index in [2.05, 4.69) is 28.9 Å². The van der Waals surface area contributed by atoms with E-state index < -0.39 is 5.97 Å². The van der Waals surface area contributed by atoms with Gasteiger partial charge >= 0.3 is 5.97 Å². The van der Waals surface area contributed by atoms with Crippen LogP contribution in [0.4, 0.5) is 5.82 Å². The first-order valence-corrected chi connectivity index (χ1v) is 8.86. The molecule has 1 aromatic carbocycles. The minimum atomic E-state index is -0.994. The van der Waals surface area contributed by atoms with Gasteiger partial charge in [-0.1, -0.05) is 19.1 Å². The molecule has 0 spiro atoms. The van der Waals surface area contributed by atoms with E-state index in [0.717, 1.165) is 49.7 Å². The highest BCUT2D eigenvalue weighted by molar-refractivity contribution is 5.85. The number of piperidine rings is 1. The topological polar surface area (TPSA) is 71.9 Å². The van der Waals surface area contributed by atoms with Crippen LogP contribution in [0.2, 0.25) is 0 Å². The number of ether oxygens (including phenoxy) is 2. The molecule has 4 rings (SSSR count). The van der Waals surface area contributed by atoms with Gasteiger partial charge in [-0.2, -0.15) is 0 Å². The second-order valence-corrected chi connectivity index (χ2v) is 7.39. The molecule has 26 heavy (non-hydrogen) atoms. The number of carboxylic acid groups (broad SMARTS) is 1. The second-order valence-electron chi connectivity index (χ2n) is 7.39. The maximum Gasteiger partial charge on any atom is 0.354 e. The van der Waals surface area contributed by atoms with Gasteiger partial charge in [0.2, 0.25) is 6.79 Å². The zero-order valence-corrected chi connectivity index (χ0v) is 14.8. The molecule has 1 atom stereocenters. The highest BCUT2D eigenvalue weighted by atomic mass is 16.7. The molecule has 0 saturated carbocycles. The summed E-state index contributed by atoms with van der Waals surface area (Å²) in [6.07, 6.45) is 3.11. The van der Waals surface area contributed by atoms with Gasteiger partial charge in [-0.15, -0.1) is 0 Å². The van der Waals surface area contributed by atoms with Crippen molar-refractivity contribution in [2.45, 2.75) is 26.2 Å². The molecule has 0 aliphatic carbocycles. The van der Waals surface area contributed by atoms with E-state index in [1.165, 1.54) is 11.6 Å². The first-order valence-electron chi connectivity index (χ1n) is 8.86. The summed E-state index contributed by atoms with van der Waals surface area (Å²) in [5, 5.41) is 9.18. The van der Waals surface area contributed by atoms with E-state index >= 15 is 0 Å². The maximum absolute atomic E-state index is 11.2. The second kappa shape index (κ2) is 6.52. The lowest BCUT2D eigenvalue weighted by molar-refractivity contribution is 0.0690. The number of carbonyl (C=O) groups is 1. The number of pyridine rings is 1. The van der Waals surface area contributed by atoms with Crippen LogP contribution in [0.25, 0.3) is 0 Å². The largest absolute Gasteiger partial charge is 0.477 e. The highest BCUT2D eigenvalue weighted by Gasteiger charge is 2.32. The Morgan fingerprint density at radius 3 is 2.96 bits per heavy atom. The lowest BCUT2D eigenvalue weighted by atomic mass is 9.77. The normalized spacial score (nSPS) is 21.7. The summed E-state index contributed by atoms with van der Waals surface area (Å²) in [6, 6.07) is 11.3. The van der Waals surface area contributed by atoms with E-state index in [9.17, 15) is 9.90 Å². The zero-order chi connectivity index (χ0) is 18.1.